The average molecular weight is 555 g/mol. The molecule has 40 heavy (non-hydrogen) atoms. The molecule has 0 spiro atoms. The van der Waals surface area contributed by atoms with Crippen LogP contribution in [0.25, 0.3) is 0 Å². The normalized spacial score (nSPS) is 15.4. The number of carbonyl (C=O) groups is 6. The fourth-order valence-electron chi connectivity index (χ4n) is 2.59. The van der Waals surface area contributed by atoms with Gasteiger partial charge in [0.05, 0.1) is 28.4 Å². The van der Waals surface area contributed by atoms with Crippen molar-refractivity contribution in [1.29, 1.82) is 0 Å². The number of phenolic OH excluding ortho intramolecular Hbond substituents is 2. The first-order valence-electron chi connectivity index (χ1n) is 11.1. The van der Waals surface area contributed by atoms with Gasteiger partial charge in [-0.2, -0.15) is 0 Å². The largest absolute Gasteiger partial charge is 0.508 e. The van der Waals surface area contributed by atoms with Crippen molar-refractivity contribution in [3.8, 4) is 11.5 Å². The average Bonchev–Trinajstić information content (AvgIpc) is 2.95. The van der Waals surface area contributed by atoms with Crippen LogP contribution in [0.4, 0.5) is 0 Å². The van der Waals surface area contributed by atoms with Crippen LogP contribution in [0.15, 0.2) is 95.9 Å². The van der Waals surface area contributed by atoms with E-state index >= 15 is 0 Å². The van der Waals surface area contributed by atoms with Gasteiger partial charge in [0.25, 0.3) is 5.78 Å². The van der Waals surface area contributed by atoms with Gasteiger partial charge in [-0.15, -0.1) is 0 Å². The highest BCUT2D eigenvalue weighted by molar-refractivity contribution is 6.19. The summed E-state index contributed by atoms with van der Waals surface area (Å²) in [6.07, 6.45) is 9.49. The van der Waals surface area contributed by atoms with Crippen LogP contribution >= 0.6 is 0 Å². The van der Waals surface area contributed by atoms with Crippen molar-refractivity contribution in [3.05, 3.63) is 95.9 Å². The van der Waals surface area contributed by atoms with E-state index < -0.39 is 5.78 Å². The standard InChI is InChI=1S/2C8H8O4.C6H6O2.C6H4O2/c1-11-7-3-6(10)8(12-2)4-5(7)9;1-11-6-3-5(9)4-7(12-2)8(6)10;2*7-5-1-2-6(8)4-3-5/h2*3-4H,1-2H3;1-4,7-8H;1-4H. The maximum Gasteiger partial charge on any atom is 0.262 e. The molecule has 4 rings (SSSR count). The quantitative estimate of drug-likeness (QED) is 0.407. The number of methoxy groups -OCH3 is 4. The molecule has 0 saturated carbocycles. The van der Waals surface area contributed by atoms with E-state index in [1.807, 2.05) is 0 Å². The molecule has 0 aliphatic heterocycles. The zero-order valence-electron chi connectivity index (χ0n) is 21.9. The maximum absolute atomic E-state index is 11.2. The van der Waals surface area contributed by atoms with Gasteiger partial charge < -0.3 is 29.2 Å². The molecular weight excluding hydrogens is 528 g/mol. The third-order valence-corrected chi connectivity index (χ3v) is 4.56. The predicted octanol–water partition coefficient (Wildman–Crippen LogP) is 1.75. The summed E-state index contributed by atoms with van der Waals surface area (Å²) in [6, 6.07) is 5.70. The number of hydrogen-bond donors (Lipinski definition) is 2. The van der Waals surface area contributed by atoms with Crippen molar-refractivity contribution >= 4 is 34.7 Å². The summed E-state index contributed by atoms with van der Waals surface area (Å²) in [5, 5.41) is 17.3. The van der Waals surface area contributed by atoms with Crippen LogP contribution in [0, 0.1) is 0 Å². The Morgan fingerprint density at radius 1 is 0.450 bits per heavy atom. The first kappa shape index (κ1) is 32.5. The van der Waals surface area contributed by atoms with Gasteiger partial charge >= 0.3 is 0 Å². The van der Waals surface area contributed by atoms with Crippen LogP contribution in [0.1, 0.15) is 0 Å². The Morgan fingerprint density at radius 2 is 0.750 bits per heavy atom. The fourth-order valence-corrected chi connectivity index (χ4v) is 2.59. The molecule has 0 unspecified atom stereocenters. The van der Waals surface area contributed by atoms with Crippen molar-refractivity contribution < 1.29 is 57.9 Å². The molecular formula is C28H26O12. The molecule has 12 heteroatoms. The molecule has 0 atom stereocenters. The molecule has 0 radical (unpaired) electrons. The molecule has 3 aliphatic rings. The molecule has 1 aromatic carbocycles. The Balaban J connectivity index is 0.000000271. The number of ether oxygens (including phenoxy) is 4. The highest BCUT2D eigenvalue weighted by atomic mass is 16.5. The van der Waals surface area contributed by atoms with Crippen molar-refractivity contribution in [2.24, 2.45) is 0 Å². The molecule has 0 bridgehead atoms. The van der Waals surface area contributed by atoms with Gasteiger partial charge in [-0.3, -0.25) is 28.8 Å². The summed E-state index contributed by atoms with van der Waals surface area (Å²) in [5.74, 6) is -1.20. The minimum Gasteiger partial charge on any atom is -0.508 e. The van der Waals surface area contributed by atoms with Gasteiger partial charge in [-0.1, -0.05) is 0 Å². The summed E-state index contributed by atoms with van der Waals surface area (Å²) >= 11 is 0. The van der Waals surface area contributed by atoms with Gasteiger partial charge in [0.2, 0.25) is 11.6 Å². The van der Waals surface area contributed by atoms with Crippen molar-refractivity contribution in [2.45, 2.75) is 0 Å². The third-order valence-electron chi connectivity index (χ3n) is 4.56. The molecule has 0 aromatic heterocycles. The smallest absolute Gasteiger partial charge is 0.262 e. The molecule has 3 aliphatic carbocycles. The zero-order chi connectivity index (χ0) is 30.2. The van der Waals surface area contributed by atoms with Gasteiger partial charge in [0, 0.05) is 24.3 Å². The summed E-state index contributed by atoms with van der Waals surface area (Å²) < 4.78 is 18.7. The molecule has 0 saturated heterocycles. The van der Waals surface area contributed by atoms with E-state index in [4.69, 9.17) is 10.2 Å². The predicted molar refractivity (Wildman–Crippen MR) is 138 cm³/mol. The monoisotopic (exact) mass is 554 g/mol. The van der Waals surface area contributed by atoms with Crippen LogP contribution in [0.3, 0.4) is 0 Å². The second-order valence-corrected chi connectivity index (χ2v) is 7.30. The zero-order valence-corrected chi connectivity index (χ0v) is 21.9. The highest BCUT2D eigenvalue weighted by Gasteiger charge is 2.23. The number of carbonyl (C=O) groups excluding carboxylic acids is 6. The van der Waals surface area contributed by atoms with Crippen molar-refractivity contribution in [1.82, 2.24) is 0 Å². The van der Waals surface area contributed by atoms with Gasteiger partial charge in [0.15, 0.2) is 40.4 Å². The Bertz CT molecular complexity index is 1220. The lowest BCUT2D eigenvalue weighted by Crippen LogP contribution is -2.16. The van der Waals surface area contributed by atoms with Gasteiger partial charge in [-0.25, -0.2) is 0 Å². The lowest BCUT2D eigenvalue weighted by Gasteiger charge is -2.10. The van der Waals surface area contributed by atoms with E-state index in [9.17, 15) is 28.8 Å². The first-order valence-corrected chi connectivity index (χ1v) is 11.1. The van der Waals surface area contributed by atoms with E-state index in [1.54, 1.807) is 0 Å². The van der Waals surface area contributed by atoms with E-state index in [0.717, 1.165) is 24.3 Å². The van der Waals surface area contributed by atoms with Crippen LogP contribution in [-0.2, 0) is 47.7 Å². The summed E-state index contributed by atoms with van der Waals surface area (Å²) in [4.78, 5) is 64.7. The van der Waals surface area contributed by atoms with Crippen molar-refractivity contribution in [2.75, 3.05) is 28.4 Å². The minimum absolute atomic E-state index is 0.0133. The number of benzene rings is 1. The van der Waals surface area contributed by atoms with E-state index in [1.165, 1.54) is 77.0 Å². The number of Topliss-reactive ketones (excluding diaryl/α,β-unsaturated/α-hetero) is 1. The molecule has 0 heterocycles. The highest BCUT2D eigenvalue weighted by Crippen LogP contribution is 2.14. The second-order valence-electron chi connectivity index (χ2n) is 7.30. The van der Waals surface area contributed by atoms with E-state index in [-0.39, 0.29) is 63.5 Å². The number of phenols is 2. The lowest BCUT2D eigenvalue weighted by molar-refractivity contribution is -0.120. The summed E-state index contributed by atoms with van der Waals surface area (Å²) in [7, 11) is 5.33. The molecule has 1 aromatic rings. The molecule has 0 amide bonds. The van der Waals surface area contributed by atoms with Gasteiger partial charge in [-0.05, 0) is 48.6 Å². The second kappa shape index (κ2) is 16.3. The topological polar surface area (TPSA) is 180 Å². The number of ketones is 6. The summed E-state index contributed by atoms with van der Waals surface area (Å²) in [5.41, 5.74) is 0. The fraction of sp³-hybridized carbons (Fsp3) is 0.143. The molecule has 0 fully saturated rings. The molecule has 210 valence electrons. The van der Waals surface area contributed by atoms with Crippen molar-refractivity contribution in [3.63, 3.8) is 0 Å². The third kappa shape index (κ3) is 10.8. The van der Waals surface area contributed by atoms with Crippen LogP contribution in [0.2, 0.25) is 0 Å². The summed E-state index contributed by atoms with van der Waals surface area (Å²) in [6.45, 7) is 0. The Hall–Kier alpha value is -5.52. The Morgan fingerprint density at radius 3 is 1.02 bits per heavy atom. The van der Waals surface area contributed by atoms with E-state index in [2.05, 4.69) is 18.9 Å². The molecule has 12 nitrogen and oxygen atoms in total. The number of rotatable bonds is 4. The number of aromatic hydroxyl groups is 2. The lowest BCUT2D eigenvalue weighted by atomic mass is 10.1. The first-order chi connectivity index (χ1) is 18.9. The van der Waals surface area contributed by atoms with Crippen LogP contribution < -0.4 is 0 Å². The maximum atomic E-state index is 11.2. The van der Waals surface area contributed by atoms with Crippen LogP contribution in [0.5, 0.6) is 11.5 Å². The number of hydrogen-bond acceptors (Lipinski definition) is 12. The molecule has 2 N–H and O–H groups in total. The van der Waals surface area contributed by atoms with Crippen LogP contribution in [-0.4, -0.2) is 73.4 Å². The number of allylic oxidation sites excluding steroid dienone is 8. The van der Waals surface area contributed by atoms with Gasteiger partial charge in [0.1, 0.15) is 11.5 Å². The Kier molecular flexibility index (Phi) is 13.3. The SMILES string of the molecule is COC1=CC(=O)C(OC)=CC1=O.COC1=CC(=O)C=C(OC)C1=O.O=C1C=CC(=O)C=C1.Oc1ccc(O)cc1. The Labute approximate surface area is 228 Å². The minimum atomic E-state index is -0.403. The van der Waals surface area contributed by atoms with E-state index in [0.29, 0.717) is 0 Å².